The van der Waals surface area contributed by atoms with E-state index in [-0.39, 0.29) is 11.9 Å². The number of hydrogen-bond acceptors (Lipinski definition) is 2. The maximum absolute atomic E-state index is 12.9. The fourth-order valence-electron chi connectivity index (χ4n) is 3.02. The lowest BCUT2D eigenvalue weighted by atomic mass is 10.1. The molecule has 2 heterocycles. The number of amides is 1. The summed E-state index contributed by atoms with van der Waals surface area (Å²) in [6, 6.07) is 12.1. The van der Waals surface area contributed by atoms with E-state index in [0.29, 0.717) is 5.69 Å². The van der Waals surface area contributed by atoms with Gasteiger partial charge in [0, 0.05) is 19.3 Å². The highest BCUT2D eigenvalue weighted by atomic mass is 16.2. The molecule has 136 valence electrons. The molecule has 0 aliphatic rings. The topological polar surface area (TPSA) is 51.9 Å². The molecule has 0 aliphatic carbocycles. The van der Waals surface area contributed by atoms with E-state index in [2.05, 4.69) is 25.2 Å². The fraction of sp³-hybridized carbons (Fsp3) is 0.333. The minimum atomic E-state index is -0.104. The number of nitrogens with zero attached hydrogens (tertiary/aromatic N) is 3. The molecular formula is C21H26N4O. The average Bonchev–Trinajstić information content (AvgIpc) is 3.20. The van der Waals surface area contributed by atoms with Crippen LogP contribution in [0.25, 0.3) is 17.1 Å². The summed E-state index contributed by atoms with van der Waals surface area (Å²) in [4.78, 5) is 12.9. The first-order valence-electron chi connectivity index (χ1n) is 9.01. The highest BCUT2D eigenvalue weighted by Crippen LogP contribution is 2.24. The van der Waals surface area contributed by atoms with Crippen LogP contribution in [0.5, 0.6) is 0 Å². The van der Waals surface area contributed by atoms with Crippen molar-refractivity contribution in [1.29, 1.82) is 0 Å². The number of benzene rings is 1. The maximum Gasteiger partial charge on any atom is 0.270 e. The first-order chi connectivity index (χ1) is 12.4. The lowest BCUT2D eigenvalue weighted by Gasteiger charge is -2.14. The zero-order valence-electron chi connectivity index (χ0n) is 16.1. The van der Waals surface area contributed by atoms with Crippen molar-refractivity contribution in [3.05, 3.63) is 59.4 Å². The van der Waals surface area contributed by atoms with Crippen molar-refractivity contribution >= 4 is 5.91 Å². The molecule has 1 atom stereocenters. The normalized spacial score (nSPS) is 12.2. The van der Waals surface area contributed by atoms with Crippen LogP contribution in [0.1, 0.15) is 41.9 Å². The number of carbonyl (C=O) groups excluding carboxylic acids is 1. The van der Waals surface area contributed by atoms with Crippen molar-refractivity contribution in [2.24, 2.45) is 7.05 Å². The molecule has 2 aromatic heterocycles. The second-order valence-corrected chi connectivity index (χ2v) is 6.90. The Bertz CT molecular complexity index is 935. The Hall–Kier alpha value is -2.82. The molecule has 3 aromatic rings. The Labute approximate surface area is 154 Å². The van der Waals surface area contributed by atoms with Crippen LogP contribution < -0.4 is 5.32 Å². The van der Waals surface area contributed by atoms with Crippen molar-refractivity contribution in [3.63, 3.8) is 0 Å². The van der Waals surface area contributed by atoms with Crippen LogP contribution in [0.3, 0.4) is 0 Å². The predicted molar refractivity (Wildman–Crippen MR) is 105 cm³/mol. The van der Waals surface area contributed by atoms with Gasteiger partial charge in [-0.15, -0.1) is 0 Å². The fourth-order valence-corrected chi connectivity index (χ4v) is 3.02. The van der Waals surface area contributed by atoms with Crippen LogP contribution in [-0.2, 0) is 7.05 Å². The van der Waals surface area contributed by atoms with Crippen molar-refractivity contribution in [1.82, 2.24) is 19.7 Å². The van der Waals surface area contributed by atoms with Crippen LogP contribution in [0.2, 0.25) is 0 Å². The van der Waals surface area contributed by atoms with Crippen LogP contribution in [0, 0.1) is 13.8 Å². The molecular weight excluding hydrogens is 324 g/mol. The Morgan fingerprint density at radius 3 is 2.62 bits per heavy atom. The number of hydrogen-bond donors (Lipinski definition) is 1. The molecule has 5 heteroatoms. The van der Waals surface area contributed by atoms with E-state index >= 15 is 0 Å². The molecule has 0 aliphatic heterocycles. The molecule has 26 heavy (non-hydrogen) atoms. The van der Waals surface area contributed by atoms with Gasteiger partial charge in [-0.3, -0.25) is 4.79 Å². The van der Waals surface area contributed by atoms with E-state index in [1.807, 2.05) is 62.0 Å². The zero-order valence-corrected chi connectivity index (χ0v) is 16.1. The van der Waals surface area contributed by atoms with E-state index < -0.39 is 0 Å². The minimum Gasteiger partial charge on any atom is -0.349 e. The van der Waals surface area contributed by atoms with E-state index in [1.165, 1.54) is 5.56 Å². The van der Waals surface area contributed by atoms with Crippen LogP contribution in [0.4, 0.5) is 0 Å². The molecule has 0 unspecified atom stereocenters. The summed E-state index contributed by atoms with van der Waals surface area (Å²) in [6.07, 6.45) is 2.86. The summed E-state index contributed by atoms with van der Waals surface area (Å²) < 4.78 is 3.76. The summed E-state index contributed by atoms with van der Waals surface area (Å²) in [6.45, 7) is 8.17. The van der Waals surface area contributed by atoms with Gasteiger partial charge in [0.25, 0.3) is 5.91 Å². The van der Waals surface area contributed by atoms with Crippen molar-refractivity contribution in [2.75, 3.05) is 0 Å². The smallest absolute Gasteiger partial charge is 0.270 e. The summed E-state index contributed by atoms with van der Waals surface area (Å²) in [7, 11) is 1.98. The zero-order chi connectivity index (χ0) is 18.8. The second-order valence-electron chi connectivity index (χ2n) is 6.90. The number of nitrogens with one attached hydrogen (secondary N) is 1. The van der Waals surface area contributed by atoms with Gasteiger partial charge in [-0.25, -0.2) is 4.68 Å². The quantitative estimate of drug-likeness (QED) is 0.755. The third-order valence-corrected chi connectivity index (χ3v) is 4.72. The van der Waals surface area contributed by atoms with Crippen molar-refractivity contribution in [3.8, 4) is 17.1 Å². The highest BCUT2D eigenvalue weighted by Gasteiger charge is 2.20. The van der Waals surface area contributed by atoms with Gasteiger partial charge in [-0.05, 0) is 57.0 Å². The number of carbonyl (C=O) groups is 1. The summed E-state index contributed by atoms with van der Waals surface area (Å²) in [5.74, 6) is -0.104. The van der Waals surface area contributed by atoms with E-state index in [1.54, 1.807) is 4.68 Å². The van der Waals surface area contributed by atoms with Gasteiger partial charge in [0.1, 0.15) is 11.4 Å². The van der Waals surface area contributed by atoms with Gasteiger partial charge in [0.05, 0.1) is 11.4 Å². The summed E-state index contributed by atoms with van der Waals surface area (Å²) in [5.41, 5.74) is 5.51. The molecule has 1 aromatic carbocycles. The Kier molecular flexibility index (Phi) is 4.98. The monoisotopic (exact) mass is 350 g/mol. The molecule has 3 rings (SSSR count). The SMILES string of the molecule is CC[C@@H](C)NC(=O)c1cc(-c2cccn2C)nn1-c1ccc(C)cc1C. The highest BCUT2D eigenvalue weighted by molar-refractivity contribution is 5.94. The molecule has 0 fully saturated rings. The number of aryl methyl sites for hydroxylation is 3. The van der Waals surface area contributed by atoms with Crippen LogP contribution >= 0.6 is 0 Å². The first kappa shape index (κ1) is 18.0. The molecule has 1 amide bonds. The molecule has 0 bridgehead atoms. The van der Waals surface area contributed by atoms with Gasteiger partial charge in [-0.2, -0.15) is 5.10 Å². The third kappa shape index (κ3) is 3.43. The van der Waals surface area contributed by atoms with Crippen molar-refractivity contribution in [2.45, 2.75) is 40.2 Å². The van der Waals surface area contributed by atoms with E-state index in [4.69, 9.17) is 5.10 Å². The molecule has 0 radical (unpaired) electrons. The number of rotatable bonds is 5. The molecule has 0 saturated heterocycles. The van der Waals surface area contributed by atoms with Crippen LogP contribution in [-0.4, -0.2) is 26.3 Å². The summed E-state index contributed by atoms with van der Waals surface area (Å²) >= 11 is 0. The molecule has 0 saturated carbocycles. The lowest BCUT2D eigenvalue weighted by molar-refractivity contribution is 0.0931. The van der Waals surface area contributed by atoms with Crippen molar-refractivity contribution < 1.29 is 4.79 Å². The third-order valence-electron chi connectivity index (χ3n) is 4.72. The molecule has 5 nitrogen and oxygen atoms in total. The maximum atomic E-state index is 12.9. The number of aromatic nitrogens is 3. The first-order valence-corrected chi connectivity index (χ1v) is 9.01. The Morgan fingerprint density at radius 1 is 1.23 bits per heavy atom. The Balaban J connectivity index is 2.13. The van der Waals surface area contributed by atoms with E-state index in [9.17, 15) is 4.79 Å². The minimum absolute atomic E-state index is 0.104. The lowest BCUT2D eigenvalue weighted by Crippen LogP contribution is -2.33. The average molecular weight is 350 g/mol. The van der Waals surface area contributed by atoms with Gasteiger partial charge >= 0.3 is 0 Å². The largest absolute Gasteiger partial charge is 0.349 e. The van der Waals surface area contributed by atoms with Gasteiger partial charge < -0.3 is 9.88 Å². The van der Waals surface area contributed by atoms with Gasteiger partial charge in [-0.1, -0.05) is 24.6 Å². The molecule has 0 spiro atoms. The van der Waals surface area contributed by atoms with Gasteiger partial charge in [0.15, 0.2) is 0 Å². The standard InChI is InChI=1S/C21H26N4O/c1-6-16(4)22-21(26)20-13-17(19-8-7-11-24(19)5)23-25(20)18-10-9-14(2)12-15(18)3/h7-13,16H,6H2,1-5H3,(H,22,26)/t16-/m1/s1. The Morgan fingerprint density at radius 2 is 2.00 bits per heavy atom. The second kappa shape index (κ2) is 7.20. The van der Waals surface area contributed by atoms with Gasteiger partial charge in [0.2, 0.25) is 0 Å². The summed E-state index contributed by atoms with van der Waals surface area (Å²) in [5, 5.41) is 7.82. The van der Waals surface area contributed by atoms with E-state index in [0.717, 1.165) is 29.1 Å². The molecule has 1 N–H and O–H groups in total. The van der Waals surface area contributed by atoms with Crippen LogP contribution in [0.15, 0.2) is 42.6 Å². The predicted octanol–water partition coefficient (Wildman–Crippen LogP) is 4.02.